The van der Waals surface area contributed by atoms with Gasteiger partial charge in [-0.2, -0.15) is 16.9 Å². The van der Waals surface area contributed by atoms with Crippen molar-refractivity contribution in [3.05, 3.63) is 15.9 Å². The summed E-state index contributed by atoms with van der Waals surface area (Å²) < 4.78 is 3.13. The van der Waals surface area contributed by atoms with Crippen molar-refractivity contribution in [3.63, 3.8) is 0 Å². The molecule has 0 aromatic carbocycles. The smallest absolute Gasteiger partial charge is 0.0767 e. The summed E-state index contributed by atoms with van der Waals surface area (Å²) in [5, 5.41) is 4.47. The number of nitrogens with zero attached hydrogens (tertiary/aromatic N) is 2. The Morgan fingerprint density at radius 2 is 2.19 bits per heavy atom. The van der Waals surface area contributed by atoms with Crippen LogP contribution in [0, 0.1) is 0 Å². The first-order chi connectivity index (χ1) is 7.60. The molecule has 1 atom stereocenters. The zero-order chi connectivity index (χ0) is 12.1. The number of thioether (sulfide) groups is 1. The van der Waals surface area contributed by atoms with E-state index in [1.807, 2.05) is 23.5 Å². The van der Waals surface area contributed by atoms with Crippen molar-refractivity contribution >= 4 is 27.7 Å². The van der Waals surface area contributed by atoms with E-state index in [1.165, 1.54) is 5.69 Å². The molecule has 0 amide bonds. The summed E-state index contributed by atoms with van der Waals surface area (Å²) in [6, 6.07) is 0.308. The number of halogens is 1. The van der Waals surface area contributed by atoms with Gasteiger partial charge in [0, 0.05) is 24.6 Å². The van der Waals surface area contributed by atoms with E-state index < -0.39 is 0 Å². The van der Waals surface area contributed by atoms with Gasteiger partial charge in [-0.25, -0.2) is 0 Å². The van der Waals surface area contributed by atoms with E-state index >= 15 is 0 Å². The van der Waals surface area contributed by atoms with Crippen LogP contribution in [0.15, 0.2) is 4.47 Å². The molecule has 0 aliphatic rings. The van der Waals surface area contributed by atoms with Gasteiger partial charge < -0.3 is 5.73 Å². The summed E-state index contributed by atoms with van der Waals surface area (Å²) in [5.74, 6) is 1.98. The zero-order valence-electron chi connectivity index (χ0n) is 10.2. The number of hydrogen-bond acceptors (Lipinski definition) is 3. The van der Waals surface area contributed by atoms with E-state index in [9.17, 15) is 0 Å². The summed E-state index contributed by atoms with van der Waals surface area (Å²) in [6.07, 6.45) is 2.01. The second-order valence-electron chi connectivity index (χ2n) is 3.87. The summed E-state index contributed by atoms with van der Waals surface area (Å²) in [4.78, 5) is 0. The fraction of sp³-hybridized carbons (Fsp3) is 0.727. The van der Waals surface area contributed by atoms with Crippen LogP contribution < -0.4 is 5.73 Å². The third-order valence-electron chi connectivity index (χ3n) is 2.60. The molecule has 0 fully saturated rings. The molecule has 92 valence electrons. The van der Waals surface area contributed by atoms with Crippen molar-refractivity contribution in [3.8, 4) is 0 Å². The second-order valence-corrected chi connectivity index (χ2v) is 5.69. The van der Waals surface area contributed by atoms with E-state index in [1.54, 1.807) is 0 Å². The van der Waals surface area contributed by atoms with Crippen LogP contribution in [-0.4, -0.2) is 21.6 Å². The van der Waals surface area contributed by atoms with Gasteiger partial charge in [0.1, 0.15) is 0 Å². The Hall–Kier alpha value is -0.0000000000000000555. The molecule has 0 aliphatic heterocycles. The molecule has 1 aromatic heterocycles. The van der Waals surface area contributed by atoms with E-state index in [0.717, 1.165) is 34.5 Å². The maximum absolute atomic E-state index is 5.89. The molecule has 5 heteroatoms. The fourth-order valence-corrected chi connectivity index (χ4v) is 3.52. The van der Waals surface area contributed by atoms with Gasteiger partial charge >= 0.3 is 0 Å². The first kappa shape index (κ1) is 14.1. The maximum atomic E-state index is 5.89. The molecule has 0 aliphatic carbocycles. The van der Waals surface area contributed by atoms with Crippen molar-refractivity contribution in [1.82, 2.24) is 9.78 Å². The lowest BCUT2D eigenvalue weighted by Gasteiger charge is -2.08. The summed E-state index contributed by atoms with van der Waals surface area (Å²) >= 11 is 5.49. The SMILES string of the molecule is CCc1nn(C)c(CSCC(N)CC)c1Br. The Kier molecular flexibility index (Phi) is 5.86. The lowest BCUT2D eigenvalue weighted by molar-refractivity contribution is 0.714. The van der Waals surface area contributed by atoms with Gasteiger partial charge in [-0.05, 0) is 28.8 Å². The van der Waals surface area contributed by atoms with E-state index in [-0.39, 0.29) is 0 Å². The molecule has 0 radical (unpaired) electrons. The predicted molar refractivity (Wildman–Crippen MR) is 74.7 cm³/mol. The maximum Gasteiger partial charge on any atom is 0.0767 e. The Balaban J connectivity index is 2.56. The molecule has 1 rings (SSSR count). The lowest BCUT2D eigenvalue weighted by atomic mass is 10.3. The number of rotatable bonds is 6. The summed E-state index contributed by atoms with van der Waals surface area (Å²) in [5.41, 5.74) is 8.28. The van der Waals surface area contributed by atoms with Crippen molar-refractivity contribution in [1.29, 1.82) is 0 Å². The van der Waals surface area contributed by atoms with Gasteiger partial charge in [-0.15, -0.1) is 0 Å². The van der Waals surface area contributed by atoms with Crippen LogP contribution in [0.2, 0.25) is 0 Å². The summed E-state index contributed by atoms with van der Waals surface area (Å²) in [7, 11) is 2.00. The fourth-order valence-electron chi connectivity index (χ4n) is 1.40. The van der Waals surface area contributed by atoms with Crippen LogP contribution in [0.1, 0.15) is 31.7 Å². The van der Waals surface area contributed by atoms with Gasteiger partial charge in [0.05, 0.1) is 15.9 Å². The quantitative estimate of drug-likeness (QED) is 0.879. The highest BCUT2D eigenvalue weighted by molar-refractivity contribution is 9.10. The highest BCUT2D eigenvalue weighted by atomic mass is 79.9. The Morgan fingerprint density at radius 3 is 2.69 bits per heavy atom. The molecule has 0 bridgehead atoms. The predicted octanol–water partition coefficient (Wildman–Crippen LogP) is 2.72. The summed E-state index contributed by atoms with van der Waals surface area (Å²) in [6.45, 7) is 4.25. The van der Waals surface area contributed by atoms with Crippen molar-refractivity contribution in [2.75, 3.05) is 5.75 Å². The monoisotopic (exact) mass is 305 g/mol. The van der Waals surface area contributed by atoms with Crippen molar-refractivity contribution < 1.29 is 0 Å². The standard InChI is InChI=1S/C11H20BrN3S/c1-4-8(13)6-16-7-10-11(12)9(5-2)14-15(10)3/h8H,4-7,13H2,1-3H3. The van der Waals surface area contributed by atoms with Crippen LogP contribution in [0.25, 0.3) is 0 Å². The average Bonchev–Trinajstić information content (AvgIpc) is 2.55. The highest BCUT2D eigenvalue weighted by Gasteiger charge is 2.12. The molecular formula is C11H20BrN3S. The molecule has 0 spiro atoms. The average molecular weight is 306 g/mol. The molecule has 1 aromatic rings. The Bertz CT molecular complexity index is 338. The number of nitrogens with two attached hydrogens (primary N) is 1. The van der Waals surface area contributed by atoms with Crippen LogP contribution in [-0.2, 0) is 19.2 Å². The molecule has 3 nitrogen and oxygen atoms in total. The largest absolute Gasteiger partial charge is 0.327 e. The lowest BCUT2D eigenvalue weighted by Crippen LogP contribution is -2.21. The number of aryl methyl sites for hydroxylation is 2. The molecule has 16 heavy (non-hydrogen) atoms. The van der Waals surface area contributed by atoms with Crippen LogP contribution >= 0.6 is 27.7 Å². The van der Waals surface area contributed by atoms with E-state index in [2.05, 4.69) is 34.9 Å². The molecule has 1 unspecified atom stereocenters. The van der Waals surface area contributed by atoms with Crippen molar-refractivity contribution in [2.24, 2.45) is 12.8 Å². The van der Waals surface area contributed by atoms with Crippen LogP contribution in [0.5, 0.6) is 0 Å². The van der Waals surface area contributed by atoms with Crippen molar-refractivity contribution in [2.45, 2.75) is 38.5 Å². The third-order valence-corrected chi connectivity index (χ3v) is 4.65. The zero-order valence-corrected chi connectivity index (χ0v) is 12.6. The minimum Gasteiger partial charge on any atom is -0.327 e. The topological polar surface area (TPSA) is 43.8 Å². The molecule has 1 heterocycles. The van der Waals surface area contributed by atoms with Gasteiger partial charge in [0.25, 0.3) is 0 Å². The highest BCUT2D eigenvalue weighted by Crippen LogP contribution is 2.25. The Morgan fingerprint density at radius 1 is 1.50 bits per heavy atom. The van der Waals surface area contributed by atoms with E-state index in [0.29, 0.717) is 6.04 Å². The minimum absolute atomic E-state index is 0.308. The first-order valence-corrected chi connectivity index (χ1v) is 7.58. The van der Waals surface area contributed by atoms with Crippen LogP contribution in [0.4, 0.5) is 0 Å². The van der Waals surface area contributed by atoms with Gasteiger partial charge in [0.2, 0.25) is 0 Å². The molecule has 0 saturated heterocycles. The molecule has 2 N–H and O–H groups in total. The normalized spacial score (nSPS) is 13.1. The molecular weight excluding hydrogens is 286 g/mol. The molecule has 0 saturated carbocycles. The second kappa shape index (κ2) is 6.67. The Labute approximate surface area is 110 Å². The van der Waals surface area contributed by atoms with E-state index in [4.69, 9.17) is 5.73 Å². The third kappa shape index (κ3) is 3.50. The van der Waals surface area contributed by atoms with Gasteiger partial charge in [0.15, 0.2) is 0 Å². The minimum atomic E-state index is 0.308. The van der Waals surface area contributed by atoms with Gasteiger partial charge in [-0.1, -0.05) is 13.8 Å². The van der Waals surface area contributed by atoms with Gasteiger partial charge in [-0.3, -0.25) is 4.68 Å². The first-order valence-electron chi connectivity index (χ1n) is 5.63. The number of hydrogen-bond donors (Lipinski definition) is 1. The van der Waals surface area contributed by atoms with Crippen LogP contribution in [0.3, 0.4) is 0 Å². The number of aromatic nitrogens is 2.